The summed E-state index contributed by atoms with van der Waals surface area (Å²) in [5.41, 5.74) is 8.15. The summed E-state index contributed by atoms with van der Waals surface area (Å²) in [4.78, 5) is 29.0. The van der Waals surface area contributed by atoms with Crippen molar-refractivity contribution >= 4 is 42.0 Å². The van der Waals surface area contributed by atoms with Crippen LogP contribution in [0.4, 0.5) is 5.69 Å². The number of carboxylic acid groups (broad SMARTS) is 1. The Morgan fingerprint density at radius 1 is 1.24 bits per heavy atom. The van der Waals surface area contributed by atoms with Gasteiger partial charge in [0.05, 0.1) is 11.4 Å². The third-order valence-corrected chi connectivity index (χ3v) is 5.97. The zero-order chi connectivity index (χ0) is 24.2. The number of hydrogen-bond acceptors (Lipinski definition) is 8. The second-order valence-corrected chi connectivity index (χ2v) is 8.79. The van der Waals surface area contributed by atoms with Gasteiger partial charge in [0.25, 0.3) is 5.91 Å². The van der Waals surface area contributed by atoms with Gasteiger partial charge in [0.15, 0.2) is 6.10 Å². The molecule has 1 aromatic heterocycles. The summed E-state index contributed by atoms with van der Waals surface area (Å²) in [6.07, 6.45) is 1.65. The number of amides is 1. The van der Waals surface area contributed by atoms with Crippen molar-refractivity contribution in [2.24, 2.45) is 5.73 Å². The summed E-state index contributed by atoms with van der Waals surface area (Å²) >= 11 is 5.73. The molecule has 3 atom stereocenters. The fourth-order valence-corrected chi connectivity index (χ4v) is 3.56. The lowest BCUT2D eigenvalue weighted by atomic mass is 10.1. The quantitative estimate of drug-likeness (QED) is 0.255. The SMILES string of the molecule is CCC(Oc1nc(-c2ccccc2)ccc1NCC(N)CS)C(=O)N[C@@H](CCSC)C(=O)O. The molecule has 1 aromatic carbocycles. The van der Waals surface area contributed by atoms with Crippen LogP contribution < -0.4 is 21.1 Å². The number of ether oxygens (including phenoxy) is 1. The molecule has 2 aromatic rings. The molecule has 0 aliphatic rings. The van der Waals surface area contributed by atoms with Crippen LogP contribution in [0.2, 0.25) is 0 Å². The molecule has 8 nitrogen and oxygen atoms in total. The van der Waals surface area contributed by atoms with Crippen molar-refractivity contribution in [3.8, 4) is 17.1 Å². The predicted octanol–water partition coefficient (Wildman–Crippen LogP) is 2.90. The summed E-state index contributed by atoms with van der Waals surface area (Å²) in [5.74, 6) is -0.184. The maximum Gasteiger partial charge on any atom is 0.326 e. The Morgan fingerprint density at radius 3 is 2.58 bits per heavy atom. The number of thioether (sulfide) groups is 1. The second kappa shape index (κ2) is 14.0. The lowest BCUT2D eigenvalue weighted by Gasteiger charge is -2.22. The molecule has 5 N–H and O–H groups in total. The number of aliphatic carboxylic acids is 1. The van der Waals surface area contributed by atoms with Gasteiger partial charge in [-0.2, -0.15) is 24.4 Å². The summed E-state index contributed by atoms with van der Waals surface area (Å²) in [5, 5.41) is 15.2. The van der Waals surface area contributed by atoms with Gasteiger partial charge in [-0.05, 0) is 37.0 Å². The van der Waals surface area contributed by atoms with Crippen LogP contribution in [-0.4, -0.2) is 64.5 Å². The number of carboxylic acids is 1. The van der Waals surface area contributed by atoms with Gasteiger partial charge in [-0.25, -0.2) is 9.78 Å². The van der Waals surface area contributed by atoms with E-state index in [9.17, 15) is 14.7 Å². The van der Waals surface area contributed by atoms with Gasteiger partial charge in [-0.3, -0.25) is 4.79 Å². The van der Waals surface area contributed by atoms with Gasteiger partial charge in [0.2, 0.25) is 5.88 Å². The molecule has 0 aliphatic carbocycles. The third kappa shape index (κ3) is 8.45. The molecule has 0 radical (unpaired) electrons. The Kier molecular flexibility index (Phi) is 11.4. The Bertz CT molecular complexity index is 901. The molecule has 0 bridgehead atoms. The van der Waals surface area contributed by atoms with E-state index in [1.54, 1.807) is 6.92 Å². The monoisotopic (exact) mass is 492 g/mol. The largest absolute Gasteiger partial charge is 0.480 e. The number of nitrogens with zero attached hydrogens (tertiary/aromatic N) is 1. The molecule has 2 unspecified atom stereocenters. The molecule has 1 heterocycles. The third-order valence-electron chi connectivity index (χ3n) is 4.86. The normalized spacial score (nSPS) is 13.6. The number of carbonyl (C=O) groups excluding carboxylic acids is 1. The predicted molar refractivity (Wildman–Crippen MR) is 137 cm³/mol. The molecule has 10 heteroatoms. The average Bonchev–Trinajstić information content (AvgIpc) is 2.83. The first-order valence-corrected chi connectivity index (χ1v) is 12.8. The standard InChI is InChI=1S/C23H32N4O4S2/c1-3-20(21(28)26-19(23(29)30)11-12-33-2)31-22-18(25-13-16(24)14-32)10-9-17(27-22)15-7-5-4-6-8-15/h4-10,16,19-20,25,32H,3,11-14,24H2,1-2H3,(H,26,28)(H,29,30)/t16?,19-,20?/m0/s1. The van der Waals surface area contributed by atoms with Crippen molar-refractivity contribution in [3.05, 3.63) is 42.5 Å². The first-order valence-electron chi connectivity index (χ1n) is 10.7. The molecular weight excluding hydrogens is 460 g/mol. The van der Waals surface area contributed by atoms with Gasteiger partial charge < -0.3 is 26.2 Å². The summed E-state index contributed by atoms with van der Waals surface area (Å²) < 4.78 is 6.03. The van der Waals surface area contributed by atoms with Crippen LogP contribution in [0, 0.1) is 0 Å². The minimum atomic E-state index is -1.07. The van der Waals surface area contributed by atoms with Crippen LogP contribution in [-0.2, 0) is 9.59 Å². The minimum absolute atomic E-state index is 0.173. The minimum Gasteiger partial charge on any atom is -0.480 e. The highest BCUT2D eigenvalue weighted by Gasteiger charge is 2.26. The number of pyridine rings is 1. The van der Waals surface area contributed by atoms with Crippen LogP contribution in [0.3, 0.4) is 0 Å². The van der Waals surface area contributed by atoms with E-state index >= 15 is 0 Å². The zero-order valence-corrected chi connectivity index (χ0v) is 20.6. The molecule has 0 fully saturated rings. The maximum absolute atomic E-state index is 12.9. The van der Waals surface area contributed by atoms with E-state index in [4.69, 9.17) is 10.5 Å². The van der Waals surface area contributed by atoms with E-state index in [1.807, 2.05) is 48.7 Å². The summed E-state index contributed by atoms with van der Waals surface area (Å²) in [6, 6.07) is 12.2. The maximum atomic E-state index is 12.9. The van der Waals surface area contributed by atoms with Gasteiger partial charge in [0, 0.05) is 23.9 Å². The number of anilines is 1. The average molecular weight is 493 g/mol. The number of nitrogens with two attached hydrogens (primary N) is 1. The summed E-state index contributed by atoms with van der Waals surface area (Å²) in [7, 11) is 0. The first-order chi connectivity index (χ1) is 15.9. The Morgan fingerprint density at radius 2 is 1.97 bits per heavy atom. The van der Waals surface area contributed by atoms with Crippen molar-refractivity contribution in [1.82, 2.24) is 10.3 Å². The molecule has 0 aliphatic heterocycles. The van der Waals surface area contributed by atoms with Gasteiger partial charge in [-0.15, -0.1) is 0 Å². The molecule has 180 valence electrons. The van der Waals surface area contributed by atoms with Crippen LogP contribution >= 0.6 is 24.4 Å². The van der Waals surface area contributed by atoms with Gasteiger partial charge in [-0.1, -0.05) is 37.3 Å². The van der Waals surface area contributed by atoms with Crippen LogP contribution in [0.5, 0.6) is 5.88 Å². The molecule has 0 saturated carbocycles. The van der Waals surface area contributed by atoms with Crippen molar-refractivity contribution in [3.63, 3.8) is 0 Å². The highest BCUT2D eigenvalue weighted by Crippen LogP contribution is 2.28. The van der Waals surface area contributed by atoms with Gasteiger partial charge in [0.1, 0.15) is 6.04 Å². The van der Waals surface area contributed by atoms with E-state index in [1.165, 1.54) is 11.8 Å². The van der Waals surface area contributed by atoms with E-state index in [0.717, 1.165) is 5.56 Å². The number of thiol groups is 1. The van der Waals surface area contributed by atoms with Crippen molar-refractivity contribution in [1.29, 1.82) is 0 Å². The lowest BCUT2D eigenvalue weighted by Crippen LogP contribution is -2.47. The second-order valence-electron chi connectivity index (χ2n) is 7.43. The van der Waals surface area contributed by atoms with Crippen LogP contribution in [0.1, 0.15) is 19.8 Å². The van der Waals surface area contributed by atoms with Crippen LogP contribution in [0.25, 0.3) is 11.3 Å². The number of benzene rings is 1. The Hall–Kier alpha value is -2.43. The number of hydrogen-bond donors (Lipinski definition) is 5. The Labute approximate surface area is 204 Å². The fraction of sp³-hybridized carbons (Fsp3) is 0.435. The van der Waals surface area contributed by atoms with Gasteiger partial charge >= 0.3 is 5.97 Å². The van der Waals surface area contributed by atoms with E-state index in [-0.39, 0.29) is 11.9 Å². The molecule has 0 spiro atoms. The fourth-order valence-electron chi connectivity index (χ4n) is 2.95. The summed E-state index contributed by atoms with van der Waals surface area (Å²) in [6.45, 7) is 2.25. The van der Waals surface area contributed by atoms with E-state index in [0.29, 0.717) is 42.3 Å². The van der Waals surface area contributed by atoms with Crippen molar-refractivity contribution < 1.29 is 19.4 Å². The number of nitrogens with one attached hydrogen (secondary N) is 2. The van der Waals surface area contributed by atoms with Crippen molar-refractivity contribution in [2.45, 2.75) is 38.0 Å². The highest BCUT2D eigenvalue weighted by molar-refractivity contribution is 7.98. The molecule has 33 heavy (non-hydrogen) atoms. The molecule has 0 saturated heterocycles. The highest BCUT2D eigenvalue weighted by atomic mass is 32.2. The molecular formula is C23H32N4O4S2. The zero-order valence-electron chi connectivity index (χ0n) is 18.9. The molecule has 2 rings (SSSR count). The number of carbonyl (C=O) groups is 2. The van der Waals surface area contributed by atoms with E-state index < -0.39 is 24.0 Å². The van der Waals surface area contributed by atoms with Crippen molar-refractivity contribution in [2.75, 3.05) is 29.6 Å². The van der Waals surface area contributed by atoms with Crippen LogP contribution in [0.15, 0.2) is 42.5 Å². The molecule has 1 amide bonds. The topological polar surface area (TPSA) is 127 Å². The number of rotatable bonds is 14. The first kappa shape index (κ1) is 26.8. The number of aromatic nitrogens is 1. The smallest absolute Gasteiger partial charge is 0.326 e. The lowest BCUT2D eigenvalue weighted by molar-refractivity contribution is -0.143. The Balaban J connectivity index is 2.27. The van der Waals surface area contributed by atoms with E-state index in [2.05, 4.69) is 28.2 Å².